The summed E-state index contributed by atoms with van der Waals surface area (Å²) in [6.45, 7) is 6.80. The van der Waals surface area contributed by atoms with Crippen molar-refractivity contribution in [1.29, 1.82) is 0 Å². The molecule has 2 aliphatic carbocycles. The standard InChI is InChI=1S/C19H24O8/c1-8(2)18(23)25-9(3)5-4-6-12(20)26-15-10-7-11-14(13(10)17(21)22)19(24)27-16(11)15/h9-11,13-16H,1,4-7H2,2-3H3,(H,21,22). The molecule has 7 unspecified atom stereocenters. The number of ether oxygens (including phenoxy) is 3. The summed E-state index contributed by atoms with van der Waals surface area (Å²) in [5, 5.41) is 9.44. The molecule has 1 saturated heterocycles. The lowest BCUT2D eigenvalue weighted by molar-refractivity contribution is -0.164. The van der Waals surface area contributed by atoms with Crippen LogP contribution in [0.25, 0.3) is 0 Å². The molecule has 7 atom stereocenters. The second-order valence-electron chi connectivity index (χ2n) is 7.70. The van der Waals surface area contributed by atoms with Crippen molar-refractivity contribution in [3.63, 3.8) is 0 Å². The van der Waals surface area contributed by atoms with Gasteiger partial charge in [-0.05, 0) is 33.1 Å². The van der Waals surface area contributed by atoms with Crippen LogP contribution < -0.4 is 0 Å². The van der Waals surface area contributed by atoms with E-state index in [2.05, 4.69) is 6.58 Å². The molecule has 148 valence electrons. The Bertz CT molecular complexity index is 683. The van der Waals surface area contributed by atoms with Crippen molar-refractivity contribution in [3.05, 3.63) is 12.2 Å². The predicted octanol–water partition coefficient (Wildman–Crippen LogP) is 1.47. The Kier molecular flexibility index (Phi) is 5.26. The zero-order chi connectivity index (χ0) is 19.9. The maximum absolute atomic E-state index is 12.2. The highest BCUT2D eigenvalue weighted by Crippen LogP contribution is 2.58. The molecule has 1 aliphatic heterocycles. The van der Waals surface area contributed by atoms with Gasteiger partial charge in [-0.2, -0.15) is 0 Å². The molecule has 1 N–H and O–H groups in total. The number of carboxylic acid groups (broad SMARTS) is 1. The van der Waals surface area contributed by atoms with Gasteiger partial charge in [-0.25, -0.2) is 4.79 Å². The van der Waals surface area contributed by atoms with E-state index in [1.165, 1.54) is 0 Å². The first-order valence-corrected chi connectivity index (χ1v) is 9.20. The Hall–Kier alpha value is -2.38. The molecule has 1 heterocycles. The zero-order valence-corrected chi connectivity index (χ0v) is 15.4. The van der Waals surface area contributed by atoms with E-state index in [-0.39, 0.29) is 24.4 Å². The summed E-state index contributed by atoms with van der Waals surface area (Å²) >= 11 is 0. The van der Waals surface area contributed by atoms with Gasteiger partial charge in [0.2, 0.25) is 0 Å². The molecule has 0 amide bonds. The van der Waals surface area contributed by atoms with E-state index < -0.39 is 47.9 Å². The van der Waals surface area contributed by atoms with Crippen LogP contribution in [0.2, 0.25) is 0 Å². The van der Waals surface area contributed by atoms with Gasteiger partial charge in [0.25, 0.3) is 0 Å². The third-order valence-electron chi connectivity index (χ3n) is 5.75. The molecule has 0 aromatic heterocycles. The number of hydrogen-bond donors (Lipinski definition) is 1. The number of carboxylic acids is 1. The van der Waals surface area contributed by atoms with Crippen LogP contribution in [0.15, 0.2) is 12.2 Å². The second kappa shape index (κ2) is 7.32. The molecule has 3 aliphatic rings. The number of esters is 3. The van der Waals surface area contributed by atoms with Crippen molar-refractivity contribution in [2.75, 3.05) is 0 Å². The zero-order valence-electron chi connectivity index (χ0n) is 15.4. The minimum absolute atomic E-state index is 0.116. The largest absolute Gasteiger partial charge is 0.481 e. The first kappa shape index (κ1) is 19.4. The van der Waals surface area contributed by atoms with Crippen LogP contribution in [0.4, 0.5) is 0 Å². The monoisotopic (exact) mass is 380 g/mol. The van der Waals surface area contributed by atoms with Gasteiger partial charge in [-0.1, -0.05) is 6.58 Å². The maximum Gasteiger partial charge on any atom is 0.333 e. The number of aliphatic carboxylic acids is 1. The average molecular weight is 380 g/mol. The molecule has 2 saturated carbocycles. The molecule has 2 bridgehead atoms. The molecule has 3 rings (SSSR count). The summed E-state index contributed by atoms with van der Waals surface area (Å²) < 4.78 is 15.9. The first-order chi connectivity index (χ1) is 12.7. The van der Waals surface area contributed by atoms with Crippen LogP contribution in [0.3, 0.4) is 0 Å². The van der Waals surface area contributed by atoms with Gasteiger partial charge in [-0.3, -0.25) is 14.4 Å². The van der Waals surface area contributed by atoms with Crippen LogP contribution in [0.1, 0.15) is 39.5 Å². The minimum Gasteiger partial charge on any atom is -0.481 e. The normalized spacial score (nSPS) is 34.1. The summed E-state index contributed by atoms with van der Waals surface area (Å²) in [7, 11) is 0. The molecule has 27 heavy (non-hydrogen) atoms. The Balaban J connectivity index is 1.49. The SMILES string of the molecule is C=C(C)C(=O)OC(C)CCCC(=O)OC1C2CC3C1OC(=O)C3C2C(=O)O. The molecular weight excluding hydrogens is 356 g/mol. The third-order valence-corrected chi connectivity index (χ3v) is 5.75. The lowest BCUT2D eigenvalue weighted by Gasteiger charge is -2.29. The number of carbonyl (C=O) groups is 4. The number of hydrogen-bond acceptors (Lipinski definition) is 7. The number of fused-ring (bicyclic) bond motifs is 1. The molecule has 0 aromatic carbocycles. The van der Waals surface area contributed by atoms with Crippen LogP contribution in [-0.4, -0.2) is 47.3 Å². The van der Waals surface area contributed by atoms with Gasteiger partial charge in [0.15, 0.2) is 0 Å². The Morgan fingerprint density at radius 2 is 2.04 bits per heavy atom. The first-order valence-electron chi connectivity index (χ1n) is 9.20. The van der Waals surface area contributed by atoms with E-state index in [0.717, 1.165) is 0 Å². The minimum atomic E-state index is -1.04. The van der Waals surface area contributed by atoms with E-state index in [4.69, 9.17) is 14.2 Å². The summed E-state index contributed by atoms with van der Waals surface area (Å²) in [6.07, 6.45) is 0.0297. The molecule has 8 heteroatoms. The Morgan fingerprint density at radius 1 is 1.33 bits per heavy atom. The van der Waals surface area contributed by atoms with Gasteiger partial charge in [-0.15, -0.1) is 0 Å². The van der Waals surface area contributed by atoms with Crippen LogP contribution in [0.5, 0.6) is 0 Å². The average Bonchev–Trinajstić information content (AvgIpc) is 3.18. The van der Waals surface area contributed by atoms with E-state index >= 15 is 0 Å². The molecule has 0 aromatic rings. The molecule has 0 radical (unpaired) electrons. The lowest BCUT2D eigenvalue weighted by Crippen LogP contribution is -2.43. The topological polar surface area (TPSA) is 116 Å². The van der Waals surface area contributed by atoms with Crippen molar-refractivity contribution in [3.8, 4) is 0 Å². The van der Waals surface area contributed by atoms with Gasteiger partial charge in [0, 0.05) is 23.8 Å². The maximum atomic E-state index is 12.2. The summed E-state index contributed by atoms with van der Waals surface area (Å²) in [5.41, 5.74) is 0.315. The van der Waals surface area contributed by atoms with Gasteiger partial charge >= 0.3 is 23.9 Å². The smallest absolute Gasteiger partial charge is 0.333 e. The molecule has 0 spiro atoms. The van der Waals surface area contributed by atoms with Crippen molar-refractivity contribution in [2.45, 2.75) is 57.8 Å². The van der Waals surface area contributed by atoms with Gasteiger partial charge in [0.05, 0.1) is 17.9 Å². The van der Waals surface area contributed by atoms with Crippen molar-refractivity contribution in [1.82, 2.24) is 0 Å². The van der Waals surface area contributed by atoms with Crippen molar-refractivity contribution < 1.29 is 38.5 Å². The fraction of sp³-hybridized carbons (Fsp3) is 0.684. The van der Waals surface area contributed by atoms with Crippen molar-refractivity contribution in [2.24, 2.45) is 23.7 Å². The highest BCUT2D eigenvalue weighted by Gasteiger charge is 2.69. The van der Waals surface area contributed by atoms with Crippen LogP contribution in [0, 0.1) is 23.7 Å². The molecule has 8 nitrogen and oxygen atoms in total. The van der Waals surface area contributed by atoms with Gasteiger partial charge in [0.1, 0.15) is 12.2 Å². The van der Waals surface area contributed by atoms with E-state index in [1.807, 2.05) is 0 Å². The van der Waals surface area contributed by atoms with Gasteiger partial charge < -0.3 is 19.3 Å². The lowest BCUT2D eigenvalue weighted by atomic mass is 9.78. The summed E-state index contributed by atoms with van der Waals surface area (Å²) in [5.74, 6) is -4.49. The number of rotatable bonds is 8. The highest BCUT2D eigenvalue weighted by atomic mass is 16.6. The Morgan fingerprint density at radius 3 is 2.67 bits per heavy atom. The second-order valence-corrected chi connectivity index (χ2v) is 7.70. The van der Waals surface area contributed by atoms with Crippen LogP contribution >= 0.6 is 0 Å². The third kappa shape index (κ3) is 3.57. The van der Waals surface area contributed by atoms with Crippen LogP contribution in [-0.2, 0) is 33.4 Å². The molecular formula is C19H24O8. The van der Waals surface area contributed by atoms with E-state index in [0.29, 0.717) is 24.8 Å². The van der Waals surface area contributed by atoms with E-state index in [1.54, 1.807) is 13.8 Å². The van der Waals surface area contributed by atoms with Crippen molar-refractivity contribution >= 4 is 23.9 Å². The molecule has 3 fully saturated rings. The number of carbonyl (C=O) groups excluding carboxylic acids is 3. The summed E-state index contributed by atoms with van der Waals surface area (Å²) in [4.78, 5) is 47.1. The van der Waals surface area contributed by atoms with E-state index in [9.17, 15) is 24.3 Å². The predicted molar refractivity (Wildman–Crippen MR) is 90.2 cm³/mol. The fourth-order valence-corrected chi connectivity index (χ4v) is 4.57. The Labute approximate surface area is 156 Å². The quantitative estimate of drug-likeness (QED) is 0.382. The summed E-state index contributed by atoms with van der Waals surface area (Å²) in [6, 6.07) is 0. The highest BCUT2D eigenvalue weighted by molar-refractivity contribution is 5.87. The fourth-order valence-electron chi connectivity index (χ4n) is 4.57.